The molecule has 0 saturated carbocycles. The highest BCUT2D eigenvalue weighted by Crippen LogP contribution is 2.34. The summed E-state index contributed by atoms with van der Waals surface area (Å²) >= 11 is 0. The highest BCUT2D eigenvalue weighted by molar-refractivity contribution is 7.87. The van der Waals surface area contributed by atoms with Crippen molar-refractivity contribution in [1.29, 1.82) is 0 Å². The molecule has 1 aliphatic rings. The predicted molar refractivity (Wildman–Crippen MR) is 43.4 cm³/mol. The van der Waals surface area contributed by atoms with Crippen molar-refractivity contribution >= 4 is 10.1 Å². The van der Waals surface area contributed by atoms with Gasteiger partial charge in [0.15, 0.2) is 0 Å². The van der Waals surface area contributed by atoms with Crippen LogP contribution < -0.4 is 0 Å². The molecule has 1 heterocycles. The third-order valence-electron chi connectivity index (χ3n) is 2.03. The molecular formula is C8H5F3O3S. The van der Waals surface area contributed by atoms with Crippen molar-refractivity contribution in [3.63, 3.8) is 0 Å². The molecule has 1 aromatic carbocycles. The third-order valence-corrected chi connectivity index (χ3v) is 3.38. The molecular weight excluding hydrogens is 233 g/mol. The van der Waals surface area contributed by atoms with E-state index in [0.29, 0.717) is 6.07 Å². The summed E-state index contributed by atoms with van der Waals surface area (Å²) in [5.41, 5.74) is -0.738. The van der Waals surface area contributed by atoms with E-state index in [9.17, 15) is 21.6 Å². The van der Waals surface area contributed by atoms with Crippen LogP contribution in [0.3, 0.4) is 0 Å². The molecule has 0 radical (unpaired) electrons. The summed E-state index contributed by atoms with van der Waals surface area (Å²) in [6, 6.07) is 2.55. The van der Waals surface area contributed by atoms with Crippen molar-refractivity contribution < 1.29 is 25.8 Å². The topological polar surface area (TPSA) is 43.4 Å². The molecule has 0 bridgehead atoms. The lowest BCUT2D eigenvalue weighted by Gasteiger charge is -2.06. The molecule has 0 unspecified atom stereocenters. The molecule has 2 rings (SSSR count). The van der Waals surface area contributed by atoms with Gasteiger partial charge in [-0.15, -0.1) is 0 Å². The van der Waals surface area contributed by atoms with Crippen LogP contribution in [-0.4, -0.2) is 8.42 Å². The van der Waals surface area contributed by atoms with E-state index < -0.39 is 26.8 Å². The third kappa shape index (κ3) is 1.72. The molecule has 3 nitrogen and oxygen atoms in total. The summed E-state index contributed by atoms with van der Waals surface area (Å²) < 4.78 is 63.5. The van der Waals surface area contributed by atoms with Crippen molar-refractivity contribution in [2.24, 2.45) is 0 Å². The molecule has 82 valence electrons. The first-order chi connectivity index (χ1) is 6.81. The zero-order valence-electron chi connectivity index (χ0n) is 7.21. The van der Waals surface area contributed by atoms with Gasteiger partial charge in [-0.2, -0.15) is 21.6 Å². The van der Waals surface area contributed by atoms with Crippen molar-refractivity contribution in [2.75, 3.05) is 0 Å². The maximum atomic E-state index is 12.3. The largest absolute Gasteiger partial charge is 0.416 e. The summed E-state index contributed by atoms with van der Waals surface area (Å²) in [6.07, 6.45) is -4.55. The van der Waals surface area contributed by atoms with Crippen molar-refractivity contribution in [3.05, 3.63) is 29.3 Å². The van der Waals surface area contributed by atoms with Gasteiger partial charge in [0, 0.05) is 5.56 Å². The lowest BCUT2D eigenvalue weighted by atomic mass is 10.1. The van der Waals surface area contributed by atoms with Crippen LogP contribution in [0.15, 0.2) is 23.1 Å². The van der Waals surface area contributed by atoms with Crippen molar-refractivity contribution in [2.45, 2.75) is 17.7 Å². The number of benzene rings is 1. The summed E-state index contributed by atoms with van der Waals surface area (Å²) in [4.78, 5) is -0.391. The number of halogens is 3. The van der Waals surface area contributed by atoms with Gasteiger partial charge in [0.2, 0.25) is 0 Å². The Morgan fingerprint density at radius 3 is 2.53 bits per heavy atom. The van der Waals surface area contributed by atoms with Gasteiger partial charge in [-0.05, 0) is 12.1 Å². The second-order valence-electron chi connectivity index (χ2n) is 3.04. The first-order valence-corrected chi connectivity index (χ1v) is 5.31. The highest BCUT2D eigenvalue weighted by Gasteiger charge is 2.35. The molecule has 1 aliphatic heterocycles. The molecule has 0 saturated heterocycles. The second-order valence-corrected chi connectivity index (χ2v) is 4.62. The standard InChI is InChI=1S/C8H5F3O3S/c9-8(10,11)6-2-1-5-4-14-15(12,13)7(5)3-6/h1-3H,4H2. The number of hydrogen-bond donors (Lipinski definition) is 0. The Morgan fingerprint density at radius 1 is 1.27 bits per heavy atom. The molecule has 7 heteroatoms. The lowest BCUT2D eigenvalue weighted by molar-refractivity contribution is -0.137. The highest BCUT2D eigenvalue weighted by atomic mass is 32.2. The zero-order chi connectivity index (χ0) is 11.3. The Kier molecular flexibility index (Phi) is 2.06. The van der Waals surface area contributed by atoms with Crippen LogP contribution in [0.1, 0.15) is 11.1 Å². The summed E-state index contributed by atoms with van der Waals surface area (Å²) in [7, 11) is -3.99. The van der Waals surface area contributed by atoms with Crippen molar-refractivity contribution in [3.8, 4) is 0 Å². The van der Waals surface area contributed by atoms with Gasteiger partial charge in [0.25, 0.3) is 10.1 Å². The van der Waals surface area contributed by atoms with E-state index in [2.05, 4.69) is 4.18 Å². The Balaban J connectivity index is 2.61. The van der Waals surface area contributed by atoms with E-state index in [4.69, 9.17) is 0 Å². The minimum absolute atomic E-state index is 0.199. The van der Waals surface area contributed by atoms with Crippen LogP contribution in [0, 0.1) is 0 Å². The van der Waals surface area contributed by atoms with E-state index >= 15 is 0 Å². The minimum atomic E-state index is -4.55. The van der Waals surface area contributed by atoms with Crippen LogP contribution in [0.5, 0.6) is 0 Å². The van der Waals surface area contributed by atoms with Gasteiger partial charge in [-0.25, -0.2) is 0 Å². The van der Waals surface area contributed by atoms with E-state index in [1.54, 1.807) is 0 Å². The molecule has 0 fully saturated rings. The predicted octanol–water partition coefficient (Wildman–Crippen LogP) is 1.92. The lowest BCUT2D eigenvalue weighted by Crippen LogP contribution is -2.06. The van der Waals surface area contributed by atoms with E-state index in [1.807, 2.05) is 0 Å². The molecule has 0 N–H and O–H groups in total. The van der Waals surface area contributed by atoms with Crippen molar-refractivity contribution in [1.82, 2.24) is 0 Å². The molecule has 0 atom stereocenters. The SMILES string of the molecule is O=S1(=O)OCc2ccc(C(F)(F)F)cc21. The monoisotopic (exact) mass is 238 g/mol. The van der Waals surface area contributed by atoms with Gasteiger partial charge in [-0.1, -0.05) is 6.07 Å². The Bertz CT molecular complexity index is 504. The first-order valence-electron chi connectivity index (χ1n) is 3.90. The maximum Gasteiger partial charge on any atom is 0.416 e. The smallest absolute Gasteiger partial charge is 0.261 e. The van der Waals surface area contributed by atoms with Gasteiger partial charge < -0.3 is 0 Å². The van der Waals surface area contributed by atoms with E-state index in [-0.39, 0.29) is 12.2 Å². The number of hydrogen-bond acceptors (Lipinski definition) is 3. The summed E-state index contributed by atoms with van der Waals surface area (Å²) in [6.45, 7) is -0.199. The van der Waals surface area contributed by atoms with Crippen LogP contribution in [-0.2, 0) is 27.1 Å². The normalized spacial score (nSPS) is 18.9. The number of alkyl halides is 3. The quantitative estimate of drug-likeness (QED) is 0.648. The van der Waals surface area contributed by atoms with Gasteiger partial charge in [-0.3, -0.25) is 4.18 Å². The van der Waals surface area contributed by atoms with Crippen LogP contribution in [0.4, 0.5) is 13.2 Å². The van der Waals surface area contributed by atoms with Crippen LogP contribution in [0.2, 0.25) is 0 Å². The number of rotatable bonds is 0. The van der Waals surface area contributed by atoms with E-state index in [0.717, 1.165) is 12.1 Å². The molecule has 0 aromatic heterocycles. The fraction of sp³-hybridized carbons (Fsp3) is 0.250. The zero-order valence-corrected chi connectivity index (χ0v) is 8.02. The summed E-state index contributed by atoms with van der Waals surface area (Å²) in [5, 5.41) is 0. The molecule has 0 spiro atoms. The average molecular weight is 238 g/mol. The van der Waals surface area contributed by atoms with Crippen LogP contribution in [0.25, 0.3) is 0 Å². The Labute approximate surface area is 83.6 Å². The number of fused-ring (bicyclic) bond motifs is 1. The average Bonchev–Trinajstić information content (AvgIpc) is 2.41. The van der Waals surface area contributed by atoms with Gasteiger partial charge in [0.05, 0.1) is 12.2 Å². The van der Waals surface area contributed by atoms with Gasteiger partial charge in [0.1, 0.15) is 4.90 Å². The molecule has 1 aromatic rings. The molecule has 15 heavy (non-hydrogen) atoms. The fourth-order valence-electron chi connectivity index (χ4n) is 1.29. The minimum Gasteiger partial charge on any atom is -0.261 e. The van der Waals surface area contributed by atoms with Gasteiger partial charge >= 0.3 is 6.18 Å². The summed E-state index contributed by atoms with van der Waals surface area (Å²) in [5.74, 6) is 0. The Morgan fingerprint density at radius 2 is 1.93 bits per heavy atom. The molecule has 0 aliphatic carbocycles. The van der Waals surface area contributed by atoms with Crippen LogP contribution >= 0.6 is 0 Å². The first kappa shape index (κ1) is 10.4. The molecule has 0 amide bonds. The maximum absolute atomic E-state index is 12.3. The second kappa shape index (κ2) is 2.96. The fourth-order valence-corrected chi connectivity index (χ4v) is 2.42. The Hall–Kier alpha value is -1.08. The van der Waals surface area contributed by atoms with E-state index in [1.165, 1.54) is 0 Å².